The number of carbonyl (C=O) groups is 1. The highest BCUT2D eigenvalue weighted by Gasteiger charge is 2.16. The van der Waals surface area contributed by atoms with Crippen LogP contribution in [0, 0.1) is 5.92 Å². The summed E-state index contributed by atoms with van der Waals surface area (Å²) in [6.07, 6.45) is 0.963. The molecule has 1 aliphatic heterocycles. The van der Waals surface area contributed by atoms with E-state index < -0.39 is 0 Å². The molecule has 76 valence electrons. The van der Waals surface area contributed by atoms with Crippen LogP contribution >= 0.6 is 0 Å². The van der Waals surface area contributed by atoms with Crippen LogP contribution in [0.2, 0.25) is 0 Å². The SMILES string of the molecule is CCC(C)C(=O)CN1CCNCC1. The topological polar surface area (TPSA) is 32.3 Å². The maximum atomic E-state index is 11.6. The van der Waals surface area contributed by atoms with E-state index in [1.54, 1.807) is 0 Å². The van der Waals surface area contributed by atoms with Crippen molar-refractivity contribution in [3.63, 3.8) is 0 Å². The van der Waals surface area contributed by atoms with Gasteiger partial charge in [0, 0.05) is 32.1 Å². The molecular weight excluding hydrogens is 164 g/mol. The van der Waals surface area contributed by atoms with Crippen molar-refractivity contribution >= 4 is 5.78 Å². The minimum atomic E-state index is 0.231. The number of nitrogens with zero attached hydrogens (tertiary/aromatic N) is 1. The quantitative estimate of drug-likeness (QED) is 0.691. The molecule has 0 radical (unpaired) electrons. The second kappa shape index (κ2) is 5.35. The monoisotopic (exact) mass is 184 g/mol. The van der Waals surface area contributed by atoms with Crippen LogP contribution in [-0.2, 0) is 4.79 Å². The number of carbonyl (C=O) groups excluding carboxylic acids is 1. The molecule has 1 heterocycles. The van der Waals surface area contributed by atoms with Crippen molar-refractivity contribution in [3.05, 3.63) is 0 Å². The molecule has 0 aliphatic carbocycles. The van der Waals surface area contributed by atoms with Crippen LogP contribution < -0.4 is 5.32 Å². The van der Waals surface area contributed by atoms with Gasteiger partial charge in [-0.1, -0.05) is 13.8 Å². The molecule has 0 aromatic carbocycles. The maximum absolute atomic E-state index is 11.6. The van der Waals surface area contributed by atoms with Crippen molar-refractivity contribution in [1.29, 1.82) is 0 Å². The summed E-state index contributed by atoms with van der Waals surface area (Å²) in [6.45, 7) is 8.81. The third-order valence-corrected chi connectivity index (χ3v) is 2.75. The molecule has 3 heteroatoms. The molecule has 1 saturated heterocycles. The van der Waals surface area contributed by atoms with Crippen molar-refractivity contribution in [1.82, 2.24) is 10.2 Å². The molecule has 1 rings (SSSR count). The lowest BCUT2D eigenvalue weighted by Gasteiger charge is -2.27. The fourth-order valence-electron chi connectivity index (χ4n) is 1.47. The molecule has 1 fully saturated rings. The van der Waals surface area contributed by atoms with Crippen LogP contribution in [0.15, 0.2) is 0 Å². The first kappa shape index (κ1) is 10.7. The zero-order chi connectivity index (χ0) is 9.68. The number of rotatable bonds is 4. The van der Waals surface area contributed by atoms with E-state index in [1.807, 2.05) is 6.92 Å². The van der Waals surface area contributed by atoms with Gasteiger partial charge < -0.3 is 5.32 Å². The summed E-state index contributed by atoms with van der Waals surface area (Å²) < 4.78 is 0. The lowest BCUT2D eigenvalue weighted by Crippen LogP contribution is -2.46. The average Bonchev–Trinajstić information content (AvgIpc) is 2.18. The van der Waals surface area contributed by atoms with Crippen LogP contribution in [0.4, 0.5) is 0 Å². The molecule has 1 N–H and O–H groups in total. The van der Waals surface area contributed by atoms with E-state index in [0.717, 1.165) is 32.6 Å². The zero-order valence-electron chi connectivity index (χ0n) is 8.68. The molecule has 1 unspecified atom stereocenters. The predicted molar refractivity (Wildman–Crippen MR) is 53.8 cm³/mol. The van der Waals surface area contributed by atoms with Gasteiger partial charge in [-0.2, -0.15) is 0 Å². The third-order valence-electron chi connectivity index (χ3n) is 2.75. The van der Waals surface area contributed by atoms with Gasteiger partial charge >= 0.3 is 0 Å². The Kier molecular flexibility index (Phi) is 4.39. The molecule has 1 aliphatic rings. The lowest BCUT2D eigenvalue weighted by molar-refractivity contribution is -0.123. The number of piperazine rings is 1. The minimum absolute atomic E-state index is 0.231. The molecule has 0 spiro atoms. The third kappa shape index (κ3) is 3.44. The Morgan fingerprint density at radius 3 is 2.62 bits per heavy atom. The summed E-state index contributed by atoms with van der Waals surface area (Å²) in [4.78, 5) is 13.8. The molecular formula is C10H20N2O. The Bertz CT molecular complexity index is 164. The van der Waals surface area contributed by atoms with E-state index in [2.05, 4.69) is 17.1 Å². The van der Waals surface area contributed by atoms with Gasteiger partial charge in [-0.25, -0.2) is 0 Å². The van der Waals surface area contributed by atoms with Gasteiger partial charge in [0.25, 0.3) is 0 Å². The fourth-order valence-corrected chi connectivity index (χ4v) is 1.47. The molecule has 0 aromatic heterocycles. The van der Waals surface area contributed by atoms with Crippen molar-refractivity contribution in [3.8, 4) is 0 Å². The van der Waals surface area contributed by atoms with Gasteiger partial charge in [0.15, 0.2) is 0 Å². The molecule has 0 aromatic rings. The zero-order valence-corrected chi connectivity index (χ0v) is 8.68. The van der Waals surface area contributed by atoms with Gasteiger partial charge in [0.2, 0.25) is 0 Å². The standard InChI is InChI=1S/C10H20N2O/c1-3-9(2)10(13)8-12-6-4-11-5-7-12/h9,11H,3-8H2,1-2H3. The van der Waals surface area contributed by atoms with E-state index >= 15 is 0 Å². The van der Waals surface area contributed by atoms with E-state index in [0.29, 0.717) is 12.3 Å². The average molecular weight is 184 g/mol. The van der Waals surface area contributed by atoms with Crippen LogP contribution in [0.3, 0.4) is 0 Å². The Balaban J connectivity index is 2.26. The van der Waals surface area contributed by atoms with Crippen LogP contribution in [0.5, 0.6) is 0 Å². The number of hydrogen-bond acceptors (Lipinski definition) is 3. The largest absolute Gasteiger partial charge is 0.314 e. The van der Waals surface area contributed by atoms with Gasteiger partial charge in [0.05, 0.1) is 6.54 Å². The first-order valence-corrected chi connectivity index (χ1v) is 5.19. The first-order chi connectivity index (χ1) is 6.24. The highest BCUT2D eigenvalue weighted by molar-refractivity contribution is 5.82. The summed E-state index contributed by atoms with van der Waals surface area (Å²) in [5, 5.41) is 3.28. The molecule has 0 bridgehead atoms. The molecule has 1 atom stereocenters. The summed E-state index contributed by atoms with van der Waals surface area (Å²) in [5.74, 6) is 0.624. The van der Waals surface area contributed by atoms with E-state index in [4.69, 9.17) is 0 Å². The minimum Gasteiger partial charge on any atom is -0.314 e. The van der Waals surface area contributed by atoms with Crippen molar-refractivity contribution < 1.29 is 4.79 Å². The van der Waals surface area contributed by atoms with Gasteiger partial charge in [-0.3, -0.25) is 9.69 Å². The predicted octanol–water partition coefficient (Wildman–Crippen LogP) is 0.507. The number of nitrogens with one attached hydrogen (secondary N) is 1. The van der Waals surface area contributed by atoms with Gasteiger partial charge in [-0.15, -0.1) is 0 Å². The molecule has 13 heavy (non-hydrogen) atoms. The highest BCUT2D eigenvalue weighted by Crippen LogP contribution is 2.04. The van der Waals surface area contributed by atoms with E-state index in [9.17, 15) is 4.79 Å². The summed E-state index contributed by atoms with van der Waals surface area (Å²) in [6, 6.07) is 0. The second-order valence-corrected chi connectivity index (χ2v) is 3.80. The Labute approximate surface area is 80.5 Å². The second-order valence-electron chi connectivity index (χ2n) is 3.80. The van der Waals surface area contributed by atoms with Crippen molar-refractivity contribution in [2.75, 3.05) is 32.7 Å². The normalized spacial score (nSPS) is 21.4. The Morgan fingerprint density at radius 2 is 2.08 bits per heavy atom. The van der Waals surface area contributed by atoms with Crippen LogP contribution in [0.25, 0.3) is 0 Å². The van der Waals surface area contributed by atoms with Crippen LogP contribution in [0.1, 0.15) is 20.3 Å². The van der Waals surface area contributed by atoms with E-state index in [-0.39, 0.29) is 5.92 Å². The first-order valence-electron chi connectivity index (χ1n) is 5.19. The summed E-state index contributed by atoms with van der Waals surface area (Å²) in [7, 11) is 0. The van der Waals surface area contributed by atoms with Crippen molar-refractivity contribution in [2.24, 2.45) is 5.92 Å². The number of Topliss-reactive ketones (excluding diaryl/α,β-unsaturated/α-hetero) is 1. The molecule has 0 amide bonds. The van der Waals surface area contributed by atoms with Gasteiger partial charge in [0.1, 0.15) is 5.78 Å². The Hall–Kier alpha value is -0.410. The highest BCUT2D eigenvalue weighted by atomic mass is 16.1. The summed E-state index contributed by atoms with van der Waals surface area (Å²) in [5.41, 5.74) is 0. The molecule has 3 nitrogen and oxygen atoms in total. The number of hydrogen-bond donors (Lipinski definition) is 1. The van der Waals surface area contributed by atoms with Crippen molar-refractivity contribution in [2.45, 2.75) is 20.3 Å². The fraction of sp³-hybridized carbons (Fsp3) is 0.900. The smallest absolute Gasteiger partial charge is 0.149 e. The maximum Gasteiger partial charge on any atom is 0.149 e. The lowest BCUT2D eigenvalue weighted by atomic mass is 10.0. The molecule has 0 saturated carbocycles. The van der Waals surface area contributed by atoms with Crippen LogP contribution in [-0.4, -0.2) is 43.4 Å². The van der Waals surface area contributed by atoms with E-state index in [1.165, 1.54) is 0 Å². The number of ketones is 1. The summed E-state index contributed by atoms with van der Waals surface area (Å²) >= 11 is 0. The Morgan fingerprint density at radius 1 is 1.46 bits per heavy atom. The van der Waals surface area contributed by atoms with Gasteiger partial charge in [-0.05, 0) is 6.42 Å².